The third-order valence-electron chi connectivity index (χ3n) is 3.49. The first kappa shape index (κ1) is 17.9. The van der Waals surface area contributed by atoms with Crippen LogP contribution >= 0.6 is 15.9 Å². The summed E-state index contributed by atoms with van der Waals surface area (Å²) in [5, 5.41) is 0. The summed E-state index contributed by atoms with van der Waals surface area (Å²) in [5.41, 5.74) is 2.58. The summed E-state index contributed by atoms with van der Waals surface area (Å²) >= 11 is 3.55. The number of halogens is 1. The van der Waals surface area contributed by atoms with Crippen LogP contribution in [0.4, 0.5) is 0 Å². The van der Waals surface area contributed by atoms with E-state index in [0.29, 0.717) is 5.92 Å². The minimum atomic E-state index is 0.647. The molecule has 0 amide bonds. The van der Waals surface area contributed by atoms with Crippen molar-refractivity contribution in [2.45, 2.75) is 26.2 Å². The van der Waals surface area contributed by atoms with Gasteiger partial charge in [-0.05, 0) is 42.2 Å². The highest BCUT2D eigenvalue weighted by molar-refractivity contribution is 9.10. The number of rotatable bonds is 5. The molecule has 0 radical (unpaired) electrons. The molecule has 0 N–H and O–H groups in total. The zero-order chi connectivity index (χ0) is 15.7. The molecule has 2 rings (SSSR count). The topological polar surface area (TPSA) is 3.24 Å². The van der Waals surface area contributed by atoms with E-state index in [1.165, 1.54) is 16.5 Å². The first-order chi connectivity index (χ1) is 10.2. The van der Waals surface area contributed by atoms with Gasteiger partial charge in [0.05, 0.1) is 0 Å². The van der Waals surface area contributed by atoms with Gasteiger partial charge in [-0.1, -0.05) is 73.3 Å². The molecular weight excluding hydrogens is 322 g/mol. The molecule has 1 aliphatic heterocycles. The average molecular weight is 348 g/mol. The van der Waals surface area contributed by atoms with Crippen molar-refractivity contribution in [2.75, 3.05) is 19.6 Å². The van der Waals surface area contributed by atoms with Gasteiger partial charge in [0.2, 0.25) is 0 Å². The van der Waals surface area contributed by atoms with E-state index in [1.54, 1.807) is 6.08 Å². The standard InChI is InChI=1S/C17H20BrN.C2H6/c1-3-4-6-14(2)12-19-10-9-16(13-19)15-7-5-8-17(18)11-15;1-2/h3-8,11,16H,1-2,9-10,12-13H2;1-2H3/b6-4-;. The summed E-state index contributed by atoms with van der Waals surface area (Å²) < 4.78 is 1.17. The van der Waals surface area contributed by atoms with Crippen molar-refractivity contribution >= 4 is 15.9 Å². The highest BCUT2D eigenvalue weighted by Crippen LogP contribution is 2.29. The molecule has 1 fully saturated rings. The summed E-state index contributed by atoms with van der Waals surface area (Å²) in [5.74, 6) is 0.647. The van der Waals surface area contributed by atoms with E-state index in [-0.39, 0.29) is 0 Å². The van der Waals surface area contributed by atoms with Crippen LogP contribution in [0.3, 0.4) is 0 Å². The number of likely N-dealkylation sites (tertiary alicyclic amines) is 1. The molecule has 2 heteroatoms. The lowest BCUT2D eigenvalue weighted by molar-refractivity contribution is 0.366. The Morgan fingerprint density at radius 1 is 1.43 bits per heavy atom. The zero-order valence-corrected chi connectivity index (χ0v) is 14.8. The molecular formula is C19H26BrN. The van der Waals surface area contributed by atoms with Crippen LogP contribution in [0.2, 0.25) is 0 Å². The number of nitrogens with zero attached hydrogens (tertiary/aromatic N) is 1. The minimum Gasteiger partial charge on any atom is -0.298 e. The summed E-state index contributed by atoms with van der Waals surface area (Å²) in [7, 11) is 0. The van der Waals surface area contributed by atoms with Gasteiger partial charge in [-0.2, -0.15) is 0 Å². The Balaban J connectivity index is 0.00000106. The van der Waals surface area contributed by atoms with Crippen LogP contribution in [0.15, 0.2) is 65.7 Å². The molecule has 1 aromatic carbocycles. The van der Waals surface area contributed by atoms with E-state index in [0.717, 1.165) is 25.2 Å². The molecule has 0 aliphatic carbocycles. The predicted octanol–water partition coefficient (Wildman–Crippen LogP) is 5.56. The Labute approximate surface area is 138 Å². The molecule has 0 saturated carbocycles. The Hall–Kier alpha value is -1.12. The first-order valence-corrected chi connectivity index (χ1v) is 8.43. The van der Waals surface area contributed by atoms with Gasteiger partial charge in [0.15, 0.2) is 0 Å². The Morgan fingerprint density at radius 2 is 2.19 bits per heavy atom. The van der Waals surface area contributed by atoms with Crippen LogP contribution in [0.5, 0.6) is 0 Å². The van der Waals surface area contributed by atoms with Crippen molar-refractivity contribution in [3.05, 3.63) is 71.3 Å². The molecule has 0 aromatic heterocycles. The maximum Gasteiger partial charge on any atom is 0.0228 e. The van der Waals surface area contributed by atoms with Crippen molar-refractivity contribution in [1.29, 1.82) is 0 Å². The third kappa shape index (κ3) is 6.03. The molecule has 1 unspecified atom stereocenters. The predicted molar refractivity (Wildman–Crippen MR) is 97.8 cm³/mol. The van der Waals surface area contributed by atoms with Gasteiger partial charge in [-0.3, -0.25) is 4.90 Å². The maximum atomic E-state index is 4.08. The van der Waals surface area contributed by atoms with Crippen LogP contribution in [0, 0.1) is 0 Å². The fourth-order valence-electron chi connectivity index (χ4n) is 2.55. The molecule has 0 bridgehead atoms. The maximum absolute atomic E-state index is 4.08. The van der Waals surface area contributed by atoms with E-state index in [4.69, 9.17) is 0 Å². The van der Waals surface area contributed by atoms with Crippen molar-refractivity contribution in [3.63, 3.8) is 0 Å². The van der Waals surface area contributed by atoms with Crippen LogP contribution in [0.1, 0.15) is 31.7 Å². The normalized spacial score (nSPS) is 18.3. The third-order valence-corrected chi connectivity index (χ3v) is 3.98. The van der Waals surface area contributed by atoms with Gasteiger partial charge in [0.1, 0.15) is 0 Å². The highest BCUT2D eigenvalue weighted by Gasteiger charge is 2.23. The van der Waals surface area contributed by atoms with E-state index < -0.39 is 0 Å². The van der Waals surface area contributed by atoms with E-state index in [1.807, 2.05) is 26.0 Å². The fourth-order valence-corrected chi connectivity index (χ4v) is 2.97. The molecule has 1 aliphatic rings. The molecule has 0 spiro atoms. The van der Waals surface area contributed by atoms with E-state index >= 15 is 0 Å². The number of allylic oxidation sites excluding steroid dienone is 2. The van der Waals surface area contributed by atoms with Gasteiger partial charge >= 0.3 is 0 Å². The van der Waals surface area contributed by atoms with Gasteiger partial charge in [-0.25, -0.2) is 0 Å². The van der Waals surface area contributed by atoms with Crippen molar-refractivity contribution in [2.24, 2.45) is 0 Å². The summed E-state index contributed by atoms with van der Waals surface area (Å²) in [6, 6.07) is 8.66. The second-order valence-electron chi connectivity index (χ2n) is 5.03. The molecule has 1 saturated heterocycles. The molecule has 114 valence electrons. The Morgan fingerprint density at radius 3 is 2.86 bits per heavy atom. The summed E-state index contributed by atoms with van der Waals surface area (Å²) in [4.78, 5) is 2.47. The van der Waals surface area contributed by atoms with Gasteiger partial charge < -0.3 is 0 Å². The molecule has 1 heterocycles. The highest BCUT2D eigenvalue weighted by atomic mass is 79.9. The first-order valence-electron chi connectivity index (χ1n) is 7.63. The minimum absolute atomic E-state index is 0.647. The molecule has 1 nitrogen and oxygen atoms in total. The zero-order valence-electron chi connectivity index (χ0n) is 13.2. The Kier molecular flexibility index (Phi) is 8.33. The Bertz CT molecular complexity index is 490. The number of hydrogen-bond acceptors (Lipinski definition) is 1. The van der Waals surface area contributed by atoms with Crippen molar-refractivity contribution < 1.29 is 0 Å². The average Bonchev–Trinajstić information content (AvgIpc) is 2.96. The molecule has 1 aromatic rings. The smallest absolute Gasteiger partial charge is 0.0228 e. The molecule has 1 atom stereocenters. The van der Waals surface area contributed by atoms with Crippen LogP contribution in [-0.2, 0) is 0 Å². The van der Waals surface area contributed by atoms with E-state index in [2.05, 4.69) is 58.3 Å². The lowest BCUT2D eigenvalue weighted by Crippen LogP contribution is -2.22. The number of hydrogen-bond donors (Lipinski definition) is 0. The van der Waals surface area contributed by atoms with Gasteiger partial charge in [0, 0.05) is 17.6 Å². The lowest BCUT2D eigenvalue weighted by atomic mass is 9.99. The molecule has 21 heavy (non-hydrogen) atoms. The fraction of sp³-hybridized carbons (Fsp3) is 0.368. The van der Waals surface area contributed by atoms with E-state index in [9.17, 15) is 0 Å². The van der Waals surface area contributed by atoms with Gasteiger partial charge in [0.25, 0.3) is 0 Å². The summed E-state index contributed by atoms with van der Waals surface area (Å²) in [6.07, 6.45) is 7.01. The second kappa shape index (κ2) is 9.75. The SMILES string of the molecule is C=C/C=C\C(=C)CN1CCC(c2cccc(Br)c2)C1.CC. The van der Waals surface area contributed by atoms with Crippen molar-refractivity contribution in [1.82, 2.24) is 4.90 Å². The van der Waals surface area contributed by atoms with Crippen LogP contribution in [0.25, 0.3) is 0 Å². The second-order valence-corrected chi connectivity index (χ2v) is 5.94. The van der Waals surface area contributed by atoms with Crippen LogP contribution in [-0.4, -0.2) is 24.5 Å². The summed E-state index contributed by atoms with van der Waals surface area (Å²) in [6.45, 7) is 15.0. The van der Waals surface area contributed by atoms with Crippen molar-refractivity contribution in [3.8, 4) is 0 Å². The monoisotopic (exact) mass is 347 g/mol. The quantitative estimate of drug-likeness (QED) is 0.630. The lowest BCUT2D eigenvalue weighted by Gasteiger charge is -2.16. The van der Waals surface area contributed by atoms with Crippen LogP contribution < -0.4 is 0 Å². The largest absolute Gasteiger partial charge is 0.298 e. The van der Waals surface area contributed by atoms with Gasteiger partial charge in [-0.15, -0.1) is 0 Å². The number of benzene rings is 1.